The molecule has 0 aliphatic carbocycles. The van der Waals surface area contributed by atoms with E-state index in [4.69, 9.17) is 11.6 Å². The molecule has 5 heteroatoms. The fourth-order valence-electron chi connectivity index (χ4n) is 2.92. The Hall–Kier alpha value is -2.56. The Morgan fingerprint density at radius 2 is 1.81 bits per heavy atom. The van der Waals surface area contributed by atoms with Crippen molar-refractivity contribution in [3.63, 3.8) is 0 Å². The molecule has 0 aliphatic rings. The second-order valence-electron chi connectivity index (χ2n) is 6.35. The Kier molecular flexibility index (Phi) is 5.76. The van der Waals surface area contributed by atoms with Gasteiger partial charge >= 0.3 is 0 Å². The van der Waals surface area contributed by atoms with Crippen LogP contribution in [-0.4, -0.2) is 36.0 Å². The lowest BCUT2D eigenvalue weighted by Crippen LogP contribution is -2.34. The van der Waals surface area contributed by atoms with Crippen LogP contribution in [0.4, 0.5) is 0 Å². The van der Waals surface area contributed by atoms with Gasteiger partial charge in [0.1, 0.15) is 0 Å². The molecule has 0 aliphatic heterocycles. The lowest BCUT2D eigenvalue weighted by molar-refractivity contribution is 0.0942. The molecule has 0 spiro atoms. The molecule has 3 aromatic rings. The summed E-state index contributed by atoms with van der Waals surface area (Å²) in [6.45, 7) is 0.476. The fraction of sp³-hybridized carbons (Fsp3) is 0.190. The van der Waals surface area contributed by atoms with Crippen molar-refractivity contribution in [2.24, 2.45) is 0 Å². The van der Waals surface area contributed by atoms with Crippen molar-refractivity contribution in [2.75, 3.05) is 20.6 Å². The van der Waals surface area contributed by atoms with E-state index in [1.165, 1.54) is 0 Å². The molecule has 1 atom stereocenters. The van der Waals surface area contributed by atoms with Crippen LogP contribution in [0.25, 0.3) is 5.69 Å². The number of hydrogen-bond donors (Lipinski definition) is 1. The molecule has 0 fully saturated rings. The molecule has 1 N–H and O–H groups in total. The fourth-order valence-corrected chi connectivity index (χ4v) is 3.18. The van der Waals surface area contributed by atoms with Crippen molar-refractivity contribution in [2.45, 2.75) is 6.04 Å². The first-order chi connectivity index (χ1) is 12.6. The van der Waals surface area contributed by atoms with Gasteiger partial charge in [0.15, 0.2) is 0 Å². The molecular weight excluding hydrogens is 346 g/mol. The van der Waals surface area contributed by atoms with Crippen molar-refractivity contribution in [3.05, 3.63) is 89.2 Å². The van der Waals surface area contributed by atoms with E-state index in [-0.39, 0.29) is 11.9 Å². The van der Waals surface area contributed by atoms with E-state index < -0.39 is 0 Å². The molecule has 0 radical (unpaired) electrons. The number of rotatable bonds is 6. The molecule has 0 saturated heterocycles. The Morgan fingerprint density at radius 3 is 2.50 bits per heavy atom. The molecule has 2 aromatic carbocycles. The molecule has 1 heterocycles. The van der Waals surface area contributed by atoms with Gasteiger partial charge in [0, 0.05) is 35.2 Å². The van der Waals surface area contributed by atoms with Gasteiger partial charge in [-0.15, -0.1) is 0 Å². The molecule has 26 heavy (non-hydrogen) atoms. The number of nitrogens with zero attached hydrogens (tertiary/aromatic N) is 2. The molecule has 0 saturated carbocycles. The van der Waals surface area contributed by atoms with Crippen LogP contribution in [0.15, 0.2) is 73.1 Å². The van der Waals surface area contributed by atoms with Gasteiger partial charge in [-0.05, 0) is 56.1 Å². The van der Waals surface area contributed by atoms with Gasteiger partial charge in [-0.3, -0.25) is 4.79 Å². The topological polar surface area (TPSA) is 37.3 Å². The Labute approximate surface area is 159 Å². The van der Waals surface area contributed by atoms with Gasteiger partial charge in [0.05, 0.1) is 6.04 Å². The van der Waals surface area contributed by atoms with Crippen LogP contribution >= 0.6 is 11.6 Å². The number of halogens is 1. The molecule has 1 aromatic heterocycles. The summed E-state index contributed by atoms with van der Waals surface area (Å²) in [5.41, 5.74) is 2.59. The highest BCUT2D eigenvalue weighted by Gasteiger charge is 2.18. The summed E-state index contributed by atoms with van der Waals surface area (Å²) in [4.78, 5) is 14.7. The van der Waals surface area contributed by atoms with Crippen molar-refractivity contribution < 1.29 is 4.79 Å². The van der Waals surface area contributed by atoms with Gasteiger partial charge < -0.3 is 14.8 Å². The standard InChI is InChI=1S/C21H22ClN3O/c1-24(2)20(18-10-3-4-11-19(18)22)15-23-21(26)16-8-7-9-17(14-16)25-12-5-6-13-25/h3-14,20H,15H2,1-2H3,(H,23,26). The largest absolute Gasteiger partial charge is 0.350 e. The maximum absolute atomic E-state index is 12.6. The van der Waals surface area contributed by atoms with Crippen LogP contribution in [0.5, 0.6) is 0 Å². The first-order valence-corrected chi connectivity index (χ1v) is 8.86. The number of hydrogen-bond acceptors (Lipinski definition) is 2. The summed E-state index contributed by atoms with van der Waals surface area (Å²) < 4.78 is 1.98. The number of benzene rings is 2. The van der Waals surface area contributed by atoms with Crippen molar-refractivity contribution in [3.8, 4) is 5.69 Å². The molecule has 134 valence electrons. The minimum atomic E-state index is -0.0992. The molecule has 4 nitrogen and oxygen atoms in total. The maximum atomic E-state index is 12.6. The second-order valence-corrected chi connectivity index (χ2v) is 6.76. The summed E-state index contributed by atoms with van der Waals surface area (Å²) in [5, 5.41) is 3.73. The highest BCUT2D eigenvalue weighted by molar-refractivity contribution is 6.31. The summed E-state index contributed by atoms with van der Waals surface area (Å²) in [7, 11) is 3.96. The van der Waals surface area contributed by atoms with Gasteiger partial charge in [-0.1, -0.05) is 35.9 Å². The first kappa shape index (κ1) is 18.2. The van der Waals surface area contributed by atoms with Crippen LogP contribution in [0.2, 0.25) is 5.02 Å². The summed E-state index contributed by atoms with van der Waals surface area (Å²) in [6, 6.07) is 19.2. The molecule has 1 amide bonds. The second kappa shape index (κ2) is 8.21. The Morgan fingerprint density at radius 1 is 1.08 bits per heavy atom. The van der Waals surface area contributed by atoms with E-state index in [1.54, 1.807) is 0 Å². The number of amides is 1. The van der Waals surface area contributed by atoms with Crippen molar-refractivity contribution in [1.82, 2.24) is 14.8 Å². The lowest BCUT2D eigenvalue weighted by atomic mass is 10.1. The lowest BCUT2D eigenvalue weighted by Gasteiger charge is -2.26. The third kappa shape index (κ3) is 4.15. The highest BCUT2D eigenvalue weighted by atomic mass is 35.5. The SMILES string of the molecule is CN(C)C(CNC(=O)c1cccc(-n2cccc2)c1)c1ccccc1Cl. The minimum Gasteiger partial charge on any atom is -0.350 e. The molecule has 3 rings (SSSR count). The monoisotopic (exact) mass is 367 g/mol. The zero-order valence-electron chi connectivity index (χ0n) is 14.9. The average Bonchev–Trinajstić information content (AvgIpc) is 3.18. The molecular formula is C21H22ClN3O. The summed E-state index contributed by atoms with van der Waals surface area (Å²) in [5.74, 6) is -0.0992. The van der Waals surface area contributed by atoms with E-state index >= 15 is 0 Å². The zero-order valence-corrected chi connectivity index (χ0v) is 15.6. The predicted octanol–water partition coefficient (Wildman–Crippen LogP) is 4.16. The number of aromatic nitrogens is 1. The Bertz CT molecular complexity index is 874. The van der Waals surface area contributed by atoms with Crippen LogP contribution < -0.4 is 5.32 Å². The van der Waals surface area contributed by atoms with Crippen LogP contribution in [0, 0.1) is 0 Å². The molecule has 0 bridgehead atoms. The minimum absolute atomic E-state index is 0.000261. The van der Waals surface area contributed by atoms with Gasteiger partial charge in [-0.25, -0.2) is 0 Å². The Balaban J connectivity index is 1.73. The van der Waals surface area contributed by atoms with Gasteiger partial charge in [0.25, 0.3) is 5.91 Å². The molecule has 1 unspecified atom stereocenters. The van der Waals surface area contributed by atoms with Gasteiger partial charge in [0.2, 0.25) is 0 Å². The summed E-state index contributed by atoms with van der Waals surface area (Å²) >= 11 is 6.33. The number of nitrogens with one attached hydrogen (secondary N) is 1. The van der Waals surface area contributed by atoms with E-state index in [0.29, 0.717) is 17.1 Å². The van der Waals surface area contributed by atoms with Crippen LogP contribution in [0.1, 0.15) is 22.0 Å². The first-order valence-electron chi connectivity index (χ1n) is 8.48. The number of carbonyl (C=O) groups excluding carboxylic acids is 1. The van der Waals surface area contributed by atoms with Crippen molar-refractivity contribution in [1.29, 1.82) is 0 Å². The number of likely N-dealkylation sites (N-methyl/N-ethyl adjacent to an activating group) is 1. The van der Waals surface area contributed by atoms with E-state index in [9.17, 15) is 4.79 Å². The van der Waals surface area contributed by atoms with Crippen LogP contribution in [0.3, 0.4) is 0 Å². The third-order valence-corrected chi connectivity index (χ3v) is 4.70. The van der Waals surface area contributed by atoms with E-state index in [1.807, 2.05) is 91.7 Å². The van der Waals surface area contributed by atoms with Gasteiger partial charge in [-0.2, -0.15) is 0 Å². The average molecular weight is 368 g/mol. The predicted molar refractivity (Wildman–Crippen MR) is 106 cm³/mol. The highest BCUT2D eigenvalue weighted by Crippen LogP contribution is 2.25. The number of carbonyl (C=O) groups is 1. The summed E-state index contributed by atoms with van der Waals surface area (Å²) in [6.07, 6.45) is 3.91. The van der Waals surface area contributed by atoms with E-state index in [2.05, 4.69) is 10.2 Å². The zero-order chi connectivity index (χ0) is 18.5. The maximum Gasteiger partial charge on any atom is 0.251 e. The normalized spacial score (nSPS) is 12.2. The smallest absolute Gasteiger partial charge is 0.251 e. The van der Waals surface area contributed by atoms with Crippen LogP contribution in [-0.2, 0) is 0 Å². The van der Waals surface area contributed by atoms with E-state index in [0.717, 1.165) is 11.3 Å². The quantitative estimate of drug-likeness (QED) is 0.710. The van der Waals surface area contributed by atoms with Crippen molar-refractivity contribution >= 4 is 17.5 Å². The third-order valence-electron chi connectivity index (χ3n) is 4.35.